The number of amides is 1. The minimum absolute atomic E-state index is 0.124. The van der Waals surface area contributed by atoms with Crippen molar-refractivity contribution in [2.24, 2.45) is 0 Å². The van der Waals surface area contributed by atoms with Gasteiger partial charge in [-0.2, -0.15) is 0 Å². The fourth-order valence-electron chi connectivity index (χ4n) is 2.24. The highest BCUT2D eigenvalue weighted by atomic mass is 16.4. The normalized spacial score (nSPS) is 10.7. The molecule has 0 unspecified atom stereocenters. The van der Waals surface area contributed by atoms with E-state index >= 15 is 0 Å². The average molecular weight is 334 g/mol. The second-order valence-electron chi connectivity index (χ2n) is 5.05. The molecule has 0 fully saturated rings. The van der Waals surface area contributed by atoms with Gasteiger partial charge in [-0.3, -0.25) is 19.9 Å². The summed E-state index contributed by atoms with van der Waals surface area (Å²) in [4.78, 5) is 28.4. The van der Waals surface area contributed by atoms with Crippen LogP contribution in [0.2, 0.25) is 0 Å². The lowest BCUT2D eigenvalue weighted by Gasteiger charge is -2.01. The predicted molar refractivity (Wildman–Crippen MR) is 88.0 cm³/mol. The Morgan fingerprint density at radius 2 is 1.84 bits per heavy atom. The first kappa shape index (κ1) is 14.8. The van der Waals surface area contributed by atoms with Gasteiger partial charge in [0.1, 0.15) is 11.3 Å². The number of nitrogens with zero attached hydrogens (tertiary/aromatic N) is 3. The van der Waals surface area contributed by atoms with Crippen molar-refractivity contribution < 1.29 is 13.6 Å². The Kier molecular flexibility index (Phi) is 3.55. The Balaban J connectivity index is 1.61. The molecule has 122 valence electrons. The summed E-state index contributed by atoms with van der Waals surface area (Å²) in [5, 5.41) is 10.3. The van der Waals surface area contributed by atoms with Crippen LogP contribution in [0.15, 0.2) is 68.4 Å². The Hall–Kier alpha value is -3.81. The zero-order valence-corrected chi connectivity index (χ0v) is 12.7. The Labute approximate surface area is 140 Å². The number of aromatic nitrogens is 3. The van der Waals surface area contributed by atoms with E-state index < -0.39 is 5.91 Å². The lowest BCUT2D eigenvalue weighted by molar-refractivity contribution is 0.0994. The van der Waals surface area contributed by atoms with Gasteiger partial charge in [0, 0.05) is 12.3 Å². The summed E-state index contributed by atoms with van der Waals surface area (Å²) >= 11 is 0. The Morgan fingerprint density at radius 3 is 2.68 bits per heavy atom. The number of fused-ring (bicyclic) bond motifs is 1. The topological polar surface area (TPSA) is 111 Å². The molecule has 8 heteroatoms. The average Bonchev–Trinajstić information content (AvgIpc) is 3.11. The molecule has 0 radical (unpaired) electrons. The molecule has 4 aromatic rings. The lowest BCUT2D eigenvalue weighted by Crippen LogP contribution is -2.15. The first-order chi connectivity index (χ1) is 12.2. The van der Waals surface area contributed by atoms with Crippen molar-refractivity contribution in [2.75, 3.05) is 5.32 Å². The number of carbonyl (C=O) groups is 1. The van der Waals surface area contributed by atoms with E-state index in [1.165, 1.54) is 0 Å². The van der Waals surface area contributed by atoms with Crippen molar-refractivity contribution in [1.29, 1.82) is 0 Å². The maximum Gasteiger partial charge on any atom is 0.322 e. The summed E-state index contributed by atoms with van der Waals surface area (Å²) in [6.45, 7) is 0. The fraction of sp³-hybridized carbons (Fsp3) is 0. The zero-order valence-electron chi connectivity index (χ0n) is 12.7. The molecule has 0 spiro atoms. The van der Waals surface area contributed by atoms with Crippen molar-refractivity contribution in [1.82, 2.24) is 15.2 Å². The number of pyridine rings is 1. The van der Waals surface area contributed by atoms with Crippen molar-refractivity contribution in [3.05, 3.63) is 70.7 Å². The minimum atomic E-state index is -0.668. The van der Waals surface area contributed by atoms with Gasteiger partial charge in [-0.25, -0.2) is 0 Å². The summed E-state index contributed by atoms with van der Waals surface area (Å²) in [5.74, 6) is -0.656. The van der Waals surface area contributed by atoms with Crippen LogP contribution in [-0.2, 0) is 0 Å². The number of nitrogens with one attached hydrogen (secondary N) is 1. The number of hydrogen-bond acceptors (Lipinski definition) is 7. The molecule has 0 saturated heterocycles. The van der Waals surface area contributed by atoms with Crippen LogP contribution >= 0.6 is 0 Å². The van der Waals surface area contributed by atoms with E-state index in [0.717, 1.165) is 6.07 Å². The molecular weight excluding hydrogens is 324 g/mol. The van der Waals surface area contributed by atoms with Crippen LogP contribution in [0.3, 0.4) is 0 Å². The molecule has 1 amide bonds. The van der Waals surface area contributed by atoms with Crippen molar-refractivity contribution >= 4 is 22.9 Å². The molecule has 3 heterocycles. The van der Waals surface area contributed by atoms with E-state index in [1.807, 2.05) is 0 Å². The highest BCUT2D eigenvalue weighted by Gasteiger charge is 2.16. The largest absolute Gasteiger partial charge is 0.451 e. The van der Waals surface area contributed by atoms with Crippen LogP contribution in [0.4, 0.5) is 6.01 Å². The first-order valence-electron chi connectivity index (χ1n) is 7.30. The second-order valence-corrected chi connectivity index (χ2v) is 5.05. The molecule has 8 nitrogen and oxygen atoms in total. The van der Waals surface area contributed by atoms with Crippen LogP contribution in [0.1, 0.15) is 10.6 Å². The number of para-hydroxylation sites is 1. The van der Waals surface area contributed by atoms with Crippen molar-refractivity contribution in [2.45, 2.75) is 0 Å². The number of hydrogen-bond donors (Lipinski definition) is 1. The SMILES string of the molecule is O=C(Nc1nnc(-c2ccccn2)o1)c1cc(=O)c2ccccc2o1. The van der Waals surface area contributed by atoms with Crippen LogP contribution < -0.4 is 10.7 Å². The summed E-state index contributed by atoms with van der Waals surface area (Å²) in [7, 11) is 0. The third kappa shape index (κ3) is 2.88. The van der Waals surface area contributed by atoms with E-state index in [1.54, 1.807) is 48.7 Å². The van der Waals surface area contributed by atoms with Crippen molar-refractivity contribution in [3.8, 4) is 11.6 Å². The van der Waals surface area contributed by atoms with Crippen molar-refractivity contribution in [3.63, 3.8) is 0 Å². The molecule has 0 aliphatic rings. The van der Waals surface area contributed by atoms with Gasteiger partial charge in [0.2, 0.25) is 0 Å². The predicted octanol–water partition coefficient (Wildman–Crippen LogP) is 2.49. The summed E-state index contributed by atoms with van der Waals surface area (Å²) in [6.07, 6.45) is 1.58. The van der Waals surface area contributed by atoms with Gasteiger partial charge < -0.3 is 8.83 Å². The maximum absolute atomic E-state index is 12.3. The molecule has 25 heavy (non-hydrogen) atoms. The van der Waals surface area contributed by atoms with Crippen LogP contribution in [0.5, 0.6) is 0 Å². The number of anilines is 1. The third-order valence-electron chi connectivity index (χ3n) is 3.39. The van der Waals surface area contributed by atoms with Crippen LogP contribution in [-0.4, -0.2) is 21.1 Å². The number of benzene rings is 1. The van der Waals surface area contributed by atoms with Gasteiger partial charge in [-0.15, -0.1) is 5.10 Å². The zero-order chi connectivity index (χ0) is 17.2. The number of rotatable bonds is 3. The minimum Gasteiger partial charge on any atom is -0.451 e. The second kappa shape index (κ2) is 6.00. The molecule has 3 aromatic heterocycles. The van der Waals surface area contributed by atoms with Gasteiger partial charge in [0.15, 0.2) is 11.2 Å². The standard InChI is InChI=1S/C17H10N4O4/c22-12-9-14(24-13-7-2-1-5-10(12)13)15(23)19-17-21-20-16(25-17)11-6-3-4-8-18-11/h1-9H,(H,19,21,23). The monoisotopic (exact) mass is 334 g/mol. The van der Waals surface area contributed by atoms with Gasteiger partial charge in [-0.05, 0) is 24.3 Å². The molecule has 0 atom stereocenters. The highest BCUT2D eigenvalue weighted by Crippen LogP contribution is 2.18. The van der Waals surface area contributed by atoms with E-state index in [-0.39, 0.29) is 23.1 Å². The quantitative estimate of drug-likeness (QED) is 0.612. The fourth-order valence-corrected chi connectivity index (χ4v) is 2.24. The molecule has 4 rings (SSSR count). The molecule has 0 bridgehead atoms. The molecule has 0 aliphatic heterocycles. The van der Waals surface area contributed by atoms with E-state index in [4.69, 9.17) is 8.83 Å². The van der Waals surface area contributed by atoms with Crippen LogP contribution in [0.25, 0.3) is 22.6 Å². The third-order valence-corrected chi connectivity index (χ3v) is 3.39. The smallest absolute Gasteiger partial charge is 0.322 e. The molecular formula is C17H10N4O4. The van der Waals surface area contributed by atoms with Gasteiger partial charge >= 0.3 is 6.01 Å². The number of carbonyl (C=O) groups excluding carboxylic acids is 1. The summed E-state index contributed by atoms with van der Waals surface area (Å²) in [5.41, 5.74) is 0.485. The van der Waals surface area contributed by atoms with Gasteiger partial charge in [0.25, 0.3) is 11.8 Å². The molecule has 1 N–H and O–H groups in total. The molecule has 0 saturated carbocycles. The van der Waals surface area contributed by atoms with E-state index in [2.05, 4.69) is 20.5 Å². The lowest BCUT2D eigenvalue weighted by atomic mass is 10.2. The van der Waals surface area contributed by atoms with Gasteiger partial charge in [-0.1, -0.05) is 23.3 Å². The Morgan fingerprint density at radius 1 is 1.00 bits per heavy atom. The van der Waals surface area contributed by atoms with E-state index in [9.17, 15) is 9.59 Å². The van der Waals surface area contributed by atoms with Gasteiger partial charge in [0.05, 0.1) is 5.39 Å². The molecule has 1 aromatic carbocycles. The summed E-state index contributed by atoms with van der Waals surface area (Å²) < 4.78 is 10.8. The highest BCUT2D eigenvalue weighted by molar-refractivity contribution is 6.01. The van der Waals surface area contributed by atoms with Crippen LogP contribution in [0, 0.1) is 0 Å². The first-order valence-corrected chi connectivity index (χ1v) is 7.30. The Bertz CT molecular complexity index is 1120. The molecule has 0 aliphatic carbocycles. The summed E-state index contributed by atoms with van der Waals surface area (Å²) in [6, 6.07) is 12.9. The maximum atomic E-state index is 12.3. The van der Waals surface area contributed by atoms with E-state index in [0.29, 0.717) is 16.7 Å².